The van der Waals surface area contributed by atoms with Crippen LogP contribution in [0, 0.1) is 11.6 Å². The first kappa shape index (κ1) is 13.1. The van der Waals surface area contributed by atoms with Crippen LogP contribution >= 0.6 is 0 Å². The molecule has 0 aliphatic heterocycles. The minimum atomic E-state index is -0.559. The van der Waals surface area contributed by atoms with E-state index in [1.807, 2.05) is 6.92 Å². The summed E-state index contributed by atoms with van der Waals surface area (Å²) in [6.07, 6.45) is 0.650. The monoisotopic (exact) mass is 229 g/mol. The van der Waals surface area contributed by atoms with Crippen molar-refractivity contribution >= 4 is 0 Å². The first-order valence-corrected chi connectivity index (χ1v) is 5.23. The first-order valence-electron chi connectivity index (χ1n) is 5.23. The Morgan fingerprint density at radius 3 is 2.56 bits per heavy atom. The maximum atomic E-state index is 13.5. The zero-order valence-corrected chi connectivity index (χ0v) is 9.76. The maximum absolute atomic E-state index is 13.5. The Balaban J connectivity index is 2.86. The fourth-order valence-electron chi connectivity index (χ4n) is 1.61. The topological polar surface area (TPSA) is 21.3 Å². The highest BCUT2D eigenvalue weighted by Crippen LogP contribution is 2.22. The smallest absolute Gasteiger partial charge is 0.130 e. The van der Waals surface area contributed by atoms with E-state index in [9.17, 15) is 8.78 Å². The van der Waals surface area contributed by atoms with E-state index in [2.05, 4.69) is 5.32 Å². The highest BCUT2D eigenvalue weighted by molar-refractivity contribution is 5.22. The third-order valence-corrected chi connectivity index (χ3v) is 2.66. The molecule has 4 heteroatoms. The predicted molar refractivity (Wildman–Crippen MR) is 59.2 cm³/mol. The molecule has 2 unspecified atom stereocenters. The molecule has 0 aromatic heterocycles. The van der Waals surface area contributed by atoms with Crippen molar-refractivity contribution in [1.29, 1.82) is 0 Å². The van der Waals surface area contributed by atoms with Crippen LogP contribution in [0.4, 0.5) is 8.78 Å². The largest absolute Gasteiger partial charge is 0.382 e. The van der Waals surface area contributed by atoms with Gasteiger partial charge in [0.15, 0.2) is 0 Å². The number of hydrogen-bond acceptors (Lipinski definition) is 2. The second-order valence-electron chi connectivity index (χ2n) is 3.79. The molecule has 0 bridgehead atoms. The minimum Gasteiger partial charge on any atom is -0.382 e. The SMILES string of the molecule is CNC(CC(C)OC)c1ccc(F)cc1F. The lowest BCUT2D eigenvalue weighted by Gasteiger charge is -2.20. The molecule has 0 aliphatic carbocycles. The van der Waals surface area contributed by atoms with E-state index >= 15 is 0 Å². The number of halogens is 2. The van der Waals surface area contributed by atoms with Crippen LogP contribution < -0.4 is 5.32 Å². The van der Waals surface area contributed by atoms with Crippen molar-refractivity contribution in [3.05, 3.63) is 35.4 Å². The molecule has 1 rings (SSSR count). The van der Waals surface area contributed by atoms with Gasteiger partial charge in [0.2, 0.25) is 0 Å². The van der Waals surface area contributed by atoms with Crippen LogP contribution in [-0.2, 0) is 4.74 Å². The second kappa shape index (κ2) is 5.92. The highest BCUT2D eigenvalue weighted by atomic mass is 19.1. The molecule has 0 saturated carbocycles. The lowest BCUT2D eigenvalue weighted by Crippen LogP contribution is -2.23. The molecule has 2 atom stereocenters. The number of hydrogen-bond donors (Lipinski definition) is 1. The zero-order valence-electron chi connectivity index (χ0n) is 9.76. The van der Waals surface area contributed by atoms with Gasteiger partial charge >= 0.3 is 0 Å². The summed E-state index contributed by atoms with van der Waals surface area (Å²) in [6, 6.07) is 3.46. The molecular weight excluding hydrogens is 212 g/mol. The Morgan fingerprint density at radius 2 is 2.06 bits per heavy atom. The van der Waals surface area contributed by atoms with Crippen LogP contribution in [0.15, 0.2) is 18.2 Å². The molecule has 0 radical (unpaired) electrons. The Bertz CT molecular complexity index is 344. The Labute approximate surface area is 94.6 Å². The molecular formula is C12H17F2NO. The van der Waals surface area contributed by atoms with E-state index in [1.165, 1.54) is 12.1 Å². The third-order valence-electron chi connectivity index (χ3n) is 2.66. The van der Waals surface area contributed by atoms with E-state index in [0.29, 0.717) is 12.0 Å². The van der Waals surface area contributed by atoms with E-state index in [4.69, 9.17) is 4.74 Å². The van der Waals surface area contributed by atoms with E-state index in [-0.39, 0.29) is 12.1 Å². The van der Waals surface area contributed by atoms with Crippen LogP contribution in [0.3, 0.4) is 0 Å². The highest BCUT2D eigenvalue weighted by Gasteiger charge is 2.17. The average Bonchev–Trinajstić information content (AvgIpc) is 2.26. The summed E-state index contributed by atoms with van der Waals surface area (Å²) in [6.45, 7) is 1.91. The number of benzene rings is 1. The van der Waals surface area contributed by atoms with Gasteiger partial charge in [-0.3, -0.25) is 0 Å². The van der Waals surface area contributed by atoms with Crippen molar-refractivity contribution < 1.29 is 13.5 Å². The van der Waals surface area contributed by atoms with E-state index in [0.717, 1.165) is 6.07 Å². The summed E-state index contributed by atoms with van der Waals surface area (Å²) in [5, 5.41) is 3.00. The van der Waals surface area contributed by atoms with Crippen LogP contribution in [-0.4, -0.2) is 20.3 Å². The maximum Gasteiger partial charge on any atom is 0.130 e. The molecule has 0 amide bonds. The molecule has 16 heavy (non-hydrogen) atoms. The lowest BCUT2D eigenvalue weighted by atomic mass is 10.0. The van der Waals surface area contributed by atoms with Gasteiger partial charge in [-0.05, 0) is 26.5 Å². The van der Waals surface area contributed by atoms with Crippen molar-refractivity contribution in [1.82, 2.24) is 5.32 Å². The van der Waals surface area contributed by atoms with Gasteiger partial charge in [-0.15, -0.1) is 0 Å². The van der Waals surface area contributed by atoms with Gasteiger partial charge in [0.1, 0.15) is 11.6 Å². The Morgan fingerprint density at radius 1 is 1.38 bits per heavy atom. The summed E-state index contributed by atoms with van der Waals surface area (Å²) in [5.74, 6) is -1.08. The minimum absolute atomic E-state index is 0.0157. The fraction of sp³-hybridized carbons (Fsp3) is 0.500. The van der Waals surface area contributed by atoms with Gasteiger partial charge in [-0.2, -0.15) is 0 Å². The first-order chi connectivity index (χ1) is 7.58. The summed E-state index contributed by atoms with van der Waals surface area (Å²) in [4.78, 5) is 0. The van der Waals surface area contributed by atoms with E-state index in [1.54, 1.807) is 14.2 Å². The van der Waals surface area contributed by atoms with Crippen molar-refractivity contribution in [2.24, 2.45) is 0 Å². The van der Waals surface area contributed by atoms with Gasteiger partial charge in [0.25, 0.3) is 0 Å². The second-order valence-corrected chi connectivity index (χ2v) is 3.79. The van der Waals surface area contributed by atoms with Gasteiger partial charge in [0, 0.05) is 24.8 Å². The van der Waals surface area contributed by atoms with Crippen LogP contribution in [0.1, 0.15) is 24.9 Å². The predicted octanol–water partition coefficient (Wildman–Crippen LogP) is 2.65. The number of rotatable bonds is 5. The molecule has 1 aromatic carbocycles. The van der Waals surface area contributed by atoms with Gasteiger partial charge in [0.05, 0.1) is 6.10 Å². The van der Waals surface area contributed by atoms with Crippen LogP contribution in [0.5, 0.6) is 0 Å². The van der Waals surface area contributed by atoms with Gasteiger partial charge < -0.3 is 10.1 Å². The summed E-state index contributed by atoms with van der Waals surface area (Å²) < 4.78 is 31.4. The number of nitrogens with one attached hydrogen (secondary N) is 1. The molecule has 1 N–H and O–H groups in total. The standard InChI is InChI=1S/C12H17F2NO/c1-8(16-3)6-12(15-2)10-5-4-9(13)7-11(10)14/h4-5,7-8,12,15H,6H2,1-3H3. The zero-order chi connectivity index (χ0) is 12.1. The Hall–Kier alpha value is -1.00. The summed E-state index contributed by atoms with van der Waals surface area (Å²) in [5.41, 5.74) is 0.466. The molecule has 0 saturated heterocycles. The molecule has 0 aliphatic rings. The number of ether oxygens (including phenoxy) is 1. The quantitative estimate of drug-likeness (QED) is 0.838. The van der Waals surface area contributed by atoms with Crippen molar-refractivity contribution in [3.8, 4) is 0 Å². The summed E-state index contributed by atoms with van der Waals surface area (Å²) >= 11 is 0. The van der Waals surface area contributed by atoms with Crippen molar-refractivity contribution in [2.45, 2.75) is 25.5 Å². The van der Waals surface area contributed by atoms with E-state index < -0.39 is 11.6 Å². The van der Waals surface area contributed by atoms with Crippen molar-refractivity contribution in [2.75, 3.05) is 14.2 Å². The third kappa shape index (κ3) is 3.25. The van der Waals surface area contributed by atoms with Crippen LogP contribution in [0.2, 0.25) is 0 Å². The Kier molecular flexibility index (Phi) is 4.83. The van der Waals surface area contributed by atoms with Gasteiger partial charge in [-0.1, -0.05) is 6.07 Å². The van der Waals surface area contributed by atoms with Crippen molar-refractivity contribution in [3.63, 3.8) is 0 Å². The normalized spacial score (nSPS) is 14.8. The molecule has 0 fully saturated rings. The lowest BCUT2D eigenvalue weighted by molar-refractivity contribution is 0.101. The van der Waals surface area contributed by atoms with Crippen LogP contribution in [0.25, 0.3) is 0 Å². The number of methoxy groups -OCH3 is 1. The molecule has 2 nitrogen and oxygen atoms in total. The summed E-state index contributed by atoms with van der Waals surface area (Å²) in [7, 11) is 3.36. The average molecular weight is 229 g/mol. The fourth-order valence-corrected chi connectivity index (χ4v) is 1.61. The molecule has 1 aromatic rings. The molecule has 0 spiro atoms. The molecule has 0 heterocycles. The van der Waals surface area contributed by atoms with Gasteiger partial charge in [-0.25, -0.2) is 8.78 Å². The molecule has 90 valence electrons.